The van der Waals surface area contributed by atoms with Crippen LogP contribution in [-0.4, -0.2) is 34.9 Å². The molecule has 2 heterocycles. The highest BCUT2D eigenvalue weighted by atomic mass is 16.6. The van der Waals surface area contributed by atoms with Crippen molar-refractivity contribution < 1.29 is 9.66 Å². The molecular formula is C18H24N4O3. The summed E-state index contributed by atoms with van der Waals surface area (Å²) >= 11 is 0. The number of hydrogen-bond acceptors (Lipinski definition) is 5. The Kier molecular flexibility index (Phi) is 4.92. The maximum atomic E-state index is 11.4. The van der Waals surface area contributed by atoms with Crippen molar-refractivity contribution in [1.82, 2.24) is 9.78 Å². The average Bonchev–Trinajstić information content (AvgIpc) is 2.90. The van der Waals surface area contributed by atoms with Crippen LogP contribution in [0.2, 0.25) is 0 Å². The lowest BCUT2D eigenvalue weighted by Gasteiger charge is -2.32. The van der Waals surface area contributed by atoms with Gasteiger partial charge in [0.2, 0.25) is 5.82 Å². The summed E-state index contributed by atoms with van der Waals surface area (Å²) in [5.74, 6) is 2.09. The highest BCUT2D eigenvalue weighted by Crippen LogP contribution is 2.34. The second-order valence-corrected chi connectivity index (χ2v) is 6.62. The van der Waals surface area contributed by atoms with E-state index in [1.54, 1.807) is 25.8 Å². The van der Waals surface area contributed by atoms with Crippen LogP contribution in [0, 0.1) is 23.0 Å². The molecule has 0 atom stereocenters. The van der Waals surface area contributed by atoms with Crippen LogP contribution in [0.3, 0.4) is 0 Å². The van der Waals surface area contributed by atoms with Gasteiger partial charge in [0, 0.05) is 20.1 Å². The zero-order valence-electron chi connectivity index (χ0n) is 14.9. The lowest BCUT2D eigenvalue weighted by molar-refractivity contribution is -0.384. The summed E-state index contributed by atoms with van der Waals surface area (Å²) in [6, 6.07) is 8.19. The first-order valence-corrected chi connectivity index (χ1v) is 8.55. The van der Waals surface area contributed by atoms with E-state index >= 15 is 0 Å². The molecule has 0 amide bonds. The fraction of sp³-hybridized carbons (Fsp3) is 0.500. The number of rotatable bonds is 5. The van der Waals surface area contributed by atoms with Crippen molar-refractivity contribution in [3.63, 3.8) is 0 Å². The van der Waals surface area contributed by atoms with Crippen LogP contribution in [0.5, 0.6) is 5.75 Å². The highest BCUT2D eigenvalue weighted by molar-refractivity contribution is 5.61. The molecule has 7 heteroatoms. The van der Waals surface area contributed by atoms with Gasteiger partial charge in [-0.15, -0.1) is 0 Å². The number of aromatic nitrogens is 2. The third-order valence-electron chi connectivity index (χ3n) is 4.92. The molecule has 1 aromatic carbocycles. The minimum absolute atomic E-state index is 0.133. The monoisotopic (exact) mass is 344 g/mol. The fourth-order valence-electron chi connectivity index (χ4n) is 3.68. The molecule has 0 aliphatic carbocycles. The van der Waals surface area contributed by atoms with Gasteiger partial charge < -0.3 is 9.64 Å². The highest BCUT2D eigenvalue weighted by Gasteiger charge is 2.30. The maximum absolute atomic E-state index is 11.4. The molecule has 134 valence electrons. The van der Waals surface area contributed by atoms with Crippen LogP contribution < -0.4 is 9.64 Å². The standard InChI is InChI=1S/C18H24N4O3/c1-13-17(22(23)24)18(20(2)19-13)21-9-7-14(8-10-21)11-15-5-4-6-16(12-15)25-3/h4-6,12,14H,7-11H2,1-3H3. The molecule has 0 bridgehead atoms. The van der Waals surface area contributed by atoms with Gasteiger partial charge in [0.15, 0.2) is 0 Å². The van der Waals surface area contributed by atoms with E-state index < -0.39 is 0 Å². The molecule has 1 saturated heterocycles. The van der Waals surface area contributed by atoms with Crippen LogP contribution in [0.25, 0.3) is 0 Å². The van der Waals surface area contributed by atoms with E-state index in [1.165, 1.54) is 5.56 Å². The van der Waals surface area contributed by atoms with Crippen molar-refractivity contribution in [2.45, 2.75) is 26.2 Å². The number of nitrogens with zero attached hydrogens (tertiary/aromatic N) is 4. The summed E-state index contributed by atoms with van der Waals surface area (Å²) in [7, 11) is 3.46. The van der Waals surface area contributed by atoms with Gasteiger partial charge in [0.1, 0.15) is 11.4 Å². The number of ether oxygens (including phenoxy) is 1. The van der Waals surface area contributed by atoms with E-state index in [2.05, 4.69) is 22.1 Å². The van der Waals surface area contributed by atoms with Crippen LogP contribution in [0.4, 0.5) is 11.5 Å². The average molecular weight is 344 g/mol. The molecule has 0 saturated carbocycles. The summed E-state index contributed by atoms with van der Waals surface area (Å²) in [5, 5.41) is 15.6. The lowest BCUT2D eigenvalue weighted by atomic mass is 9.90. The van der Waals surface area contributed by atoms with Gasteiger partial charge in [-0.3, -0.25) is 10.1 Å². The Hall–Kier alpha value is -2.57. The van der Waals surface area contributed by atoms with Crippen molar-refractivity contribution in [1.29, 1.82) is 0 Å². The number of methoxy groups -OCH3 is 1. The van der Waals surface area contributed by atoms with Crippen molar-refractivity contribution >= 4 is 11.5 Å². The van der Waals surface area contributed by atoms with Crippen molar-refractivity contribution in [2.75, 3.05) is 25.1 Å². The van der Waals surface area contributed by atoms with E-state index in [0.717, 1.165) is 38.1 Å². The summed E-state index contributed by atoms with van der Waals surface area (Å²) in [6.07, 6.45) is 3.04. The minimum Gasteiger partial charge on any atom is -0.497 e. The van der Waals surface area contributed by atoms with Gasteiger partial charge in [-0.25, -0.2) is 4.68 Å². The van der Waals surface area contributed by atoms with Gasteiger partial charge in [-0.2, -0.15) is 5.10 Å². The van der Waals surface area contributed by atoms with Gasteiger partial charge in [-0.05, 0) is 49.8 Å². The Bertz CT molecular complexity index is 764. The molecule has 0 radical (unpaired) electrons. The number of aryl methyl sites for hydroxylation is 2. The summed E-state index contributed by atoms with van der Waals surface area (Å²) in [4.78, 5) is 13.2. The van der Waals surface area contributed by atoms with E-state index in [-0.39, 0.29) is 10.6 Å². The molecule has 1 aliphatic heterocycles. The van der Waals surface area contributed by atoms with E-state index in [0.29, 0.717) is 17.4 Å². The van der Waals surface area contributed by atoms with Gasteiger partial charge in [0.05, 0.1) is 12.0 Å². The fourth-order valence-corrected chi connectivity index (χ4v) is 3.68. The second kappa shape index (κ2) is 7.13. The molecule has 0 N–H and O–H groups in total. The third-order valence-corrected chi connectivity index (χ3v) is 4.92. The van der Waals surface area contributed by atoms with Crippen LogP contribution in [0.15, 0.2) is 24.3 Å². The number of hydrogen-bond donors (Lipinski definition) is 0. The first-order valence-electron chi connectivity index (χ1n) is 8.55. The number of nitro groups is 1. The largest absolute Gasteiger partial charge is 0.497 e. The minimum atomic E-state index is -0.319. The van der Waals surface area contributed by atoms with Gasteiger partial charge >= 0.3 is 5.69 Å². The number of piperidine rings is 1. The molecule has 1 aromatic heterocycles. The molecule has 0 unspecified atom stereocenters. The van der Waals surface area contributed by atoms with Crippen LogP contribution >= 0.6 is 0 Å². The topological polar surface area (TPSA) is 73.4 Å². The van der Waals surface area contributed by atoms with E-state index in [1.807, 2.05) is 12.1 Å². The third kappa shape index (κ3) is 3.60. The number of benzene rings is 1. The molecule has 1 fully saturated rings. The van der Waals surface area contributed by atoms with E-state index in [4.69, 9.17) is 4.74 Å². The number of anilines is 1. The Balaban J connectivity index is 1.67. The van der Waals surface area contributed by atoms with Crippen LogP contribution in [0.1, 0.15) is 24.1 Å². The summed E-state index contributed by atoms with van der Waals surface area (Å²) in [5.41, 5.74) is 1.88. The predicted octanol–water partition coefficient (Wildman–Crippen LogP) is 3.10. The zero-order chi connectivity index (χ0) is 18.0. The van der Waals surface area contributed by atoms with Crippen molar-refractivity contribution in [3.05, 3.63) is 45.6 Å². The first kappa shape index (κ1) is 17.3. The van der Waals surface area contributed by atoms with Crippen molar-refractivity contribution in [2.24, 2.45) is 13.0 Å². The van der Waals surface area contributed by atoms with Gasteiger partial charge in [0.25, 0.3) is 0 Å². The Morgan fingerprint density at radius 1 is 1.36 bits per heavy atom. The molecule has 3 rings (SSSR count). The molecule has 25 heavy (non-hydrogen) atoms. The normalized spacial score (nSPS) is 15.4. The lowest BCUT2D eigenvalue weighted by Crippen LogP contribution is -2.35. The summed E-state index contributed by atoms with van der Waals surface area (Å²) < 4.78 is 6.92. The molecule has 7 nitrogen and oxygen atoms in total. The maximum Gasteiger partial charge on any atom is 0.333 e. The van der Waals surface area contributed by atoms with E-state index in [9.17, 15) is 10.1 Å². The zero-order valence-corrected chi connectivity index (χ0v) is 14.9. The second-order valence-electron chi connectivity index (χ2n) is 6.62. The Morgan fingerprint density at radius 2 is 2.08 bits per heavy atom. The predicted molar refractivity (Wildman–Crippen MR) is 96.2 cm³/mol. The summed E-state index contributed by atoms with van der Waals surface area (Å²) in [6.45, 7) is 3.32. The first-order chi connectivity index (χ1) is 12.0. The van der Waals surface area contributed by atoms with Crippen LogP contribution in [-0.2, 0) is 13.5 Å². The van der Waals surface area contributed by atoms with Crippen molar-refractivity contribution in [3.8, 4) is 5.75 Å². The molecule has 2 aromatic rings. The van der Waals surface area contributed by atoms with Gasteiger partial charge in [-0.1, -0.05) is 12.1 Å². The molecule has 0 spiro atoms. The smallest absolute Gasteiger partial charge is 0.333 e. The Morgan fingerprint density at radius 3 is 2.72 bits per heavy atom. The Labute approximate surface area is 147 Å². The SMILES string of the molecule is COc1cccc(CC2CCN(c3c([N+](=O)[O-])c(C)nn3C)CC2)c1. The molecular weight excluding hydrogens is 320 g/mol. The molecule has 1 aliphatic rings. The quantitative estimate of drug-likeness (QED) is 0.615.